The minimum absolute atomic E-state index is 0.220. The Morgan fingerprint density at radius 3 is 2.83 bits per heavy atom. The average Bonchev–Trinajstić information content (AvgIpc) is 2.77. The maximum Gasteiger partial charge on any atom is 0.150 e. The van der Waals surface area contributed by atoms with Crippen LogP contribution in [-0.2, 0) is 11.3 Å². The molecule has 0 bridgehead atoms. The molecule has 1 aromatic carbocycles. The van der Waals surface area contributed by atoms with E-state index in [4.69, 9.17) is 4.74 Å². The Bertz CT molecular complexity index is 825. The number of nitriles is 1. The number of benzene rings is 1. The van der Waals surface area contributed by atoms with Gasteiger partial charge in [0.05, 0.1) is 36.1 Å². The van der Waals surface area contributed by atoms with Gasteiger partial charge in [0.25, 0.3) is 0 Å². The van der Waals surface area contributed by atoms with Crippen LogP contribution in [-0.4, -0.2) is 48.7 Å². The van der Waals surface area contributed by atoms with E-state index in [9.17, 15) is 10.4 Å². The summed E-state index contributed by atoms with van der Waals surface area (Å²) >= 11 is 0. The van der Waals surface area contributed by atoms with Crippen molar-refractivity contribution in [2.75, 3.05) is 37.7 Å². The van der Waals surface area contributed by atoms with Crippen molar-refractivity contribution in [3.05, 3.63) is 23.4 Å². The first-order valence-corrected chi connectivity index (χ1v) is 7.91. The molecular weight excluding hydrogens is 292 g/mol. The zero-order chi connectivity index (χ0) is 15.8. The summed E-state index contributed by atoms with van der Waals surface area (Å²) in [6, 6.07) is 5.89. The molecule has 0 atom stereocenters. The molecule has 2 aromatic rings. The maximum absolute atomic E-state index is 10.6. The van der Waals surface area contributed by atoms with Gasteiger partial charge < -0.3 is 19.3 Å². The van der Waals surface area contributed by atoms with E-state index in [1.165, 1.54) is 0 Å². The highest BCUT2D eigenvalue weighted by atomic mass is 16.5. The quantitative estimate of drug-likeness (QED) is 0.873. The van der Waals surface area contributed by atoms with Gasteiger partial charge in [-0.05, 0) is 18.6 Å². The molecule has 0 amide bonds. The molecule has 2 aliphatic rings. The van der Waals surface area contributed by atoms with E-state index in [2.05, 4.69) is 20.5 Å². The van der Waals surface area contributed by atoms with Crippen LogP contribution in [0.2, 0.25) is 0 Å². The highest BCUT2D eigenvalue weighted by molar-refractivity contribution is 6.03. The van der Waals surface area contributed by atoms with E-state index in [1.807, 2.05) is 6.07 Å². The van der Waals surface area contributed by atoms with E-state index in [-0.39, 0.29) is 5.75 Å². The normalized spacial score (nSPS) is 17.8. The lowest BCUT2D eigenvalue weighted by Gasteiger charge is -2.30. The van der Waals surface area contributed by atoms with E-state index in [1.54, 1.807) is 12.3 Å². The van der Waals surface area contributed by atoms with E-state index in [0.717, 1.165) is 54.9 Å². The summed E-state index contributed by atoms with van der Waals surface area (Å²) < 4.78 is 7.58. The van der Waals surface area contributed by atoms with Gasteiger partial charge in [0, 0.05) is 37.8 Å². The number of nitrogens with zero attached hydrogens (tertiary/aromatic N) is 4. The predicted molar refractivity (Wildman–Crippen MR) is 88.4 cm³/mol. The lowest BCUT2D eigenvalue weighted by Crippen LogP contribution is -2.36. The fourth-order valence-corrected chi connectivity index (χ4v) is 3.41. The van der Waals surface area contributed by atoms with Crippen molar-refractivity contribution in [1.82, 2.24) is 4.57 Å². The summed E-state index contributed by atoms with van der Waals surface area (Å²) in [4.78, 5) is 6.59. The molecule has 23 heavy (non-hydrogen) atoms. The van der Waals surface area contributed by atoms with E-state index >= 15 is 0 Å². The van der Waals surface area contributed by atoms with Gasteiger partial charge in [-0.1, -0.05) is 0 Å². The average molecular weight is 310 g/mol. The van der Waals surface area contributed by atoms with Gasteiger partial charge in [-0.25, -0.2) is 0 Å². The van der Waals surface area contributed by atoms with Crippen LogP contribution in [0.15, 0.2) is 17.1 Å². The lowest BCUT2D eigenvalue weighted by atomic mass is 10.1. The number of anilines is 1. The summed E-state index contributed by atoms with van der Waals surface area (Å²) in [6.07, 6.45) is 2.69. The van der Waals surface area contributed by atoms with Crippen molar-refractivity contribution < 1.29 is 9.84 Å². The molecule has 0 spiro atoms. The Hall–Kier alpha value is -2.52. The second-order valence-electron chi connectivity index (χ2n) is 5.88. The SMILES string of the molecule is N#Cc1cc(N2CCOCC2)c2c(c1)c(O)c1n2CCCN=C1. The topological polar surface area (TPSA) is 73.8 Å². The summed E-state index contributed by atoms with van der Waals surface area (Å²) in [6.45, 7) is 4.53. The monoisotopic (exact) mass is 310 g/mol. The molecule has 6 heteroatoms. The fourth-order valence-electron chi connectivity index (χ4n) is 3.41. The van der Waals surface area contributed by atoms with Gasteiger partial charge in [0.15, 0.2) is 0 Å². The first-order valence-electron chi connectivity index (χ1n) is 7.91. The van der Waals surface area contributed by atoms with Crippen molar-refractivity contribution in [1.29, 1.82) is 5.26 Å². The summed E-state index contributed by atoms with van der Waals surface area (Å²) in [7, 11) is 0. The first-order chi connectivity index (χ1) is 11.3. The molecule has 1 aromatic heterocycles. The van der Waals surface area contributed by atoms with Crippen LogP contribution >= 0.6 is 0 Å². The molecule has 0 radical (unpaired) electrons. The van der Waals surface area contributed by atoms with Crippen molar-refractivity contribution in [3.8, 4) is 11.8 Å². The Kier molecular flexibility index (Phi) is 3.43. The molecule has 1 fully saturated rings. The highest BCUT2D eigenvalue weighted by Crippen LogP contribution is 2.39. The summed E-state index contributed by atoms with van der Waals surface area (Å²) in [5, 5.41) is 20.7. The second kappa shape index (κ2) is 5.60. The first kappa shape index (κ1) is 14.1. The molecule has 2 aliphatic heterocycles. The van der Waals surface area contributed by atoms with Crippen LogP contribution in [0.5, 0.6) is 5.75 Å². The molecular formula is C17H18N4O2. The second-order valence-corrected chi connectivity index (χ2v) is 5.88. The standard InChI is InChI=1S/C17H18N4O2/c18-10-12-8-13-16(14(9-12)20-4-6-23-7-5-20)21-3-1-2-19-11-15(21)17(13)22/h8-9,11,22H,1-7H2. The number of aryl methyl sites for hydroxylation is 1. The van der Waals surface area contributed by atoms with Crippen LogP contribution in [0, 0.1) is 11.3 Å². The van der Waals surface area contributed by atoms with Gasteiger partial charge >= 0.3 is 0 Å². The number of ether oxygens (including phenoxy) is 1. The largest absolute Gasteiger partial charge is 0.505 e. The van der Waals surface area contributed by atoms with Gasteiger partial charge in [0.2, 0.25) is 0 Å². The predicted octanol–water partition coefficient (Wildman–Crippen LogP) is 1.88. The number of rotatable bonds is 1. The molecule has 1 saturated heterocycles. The molecule has 0 aliphatic carbocycles. The van der Waals surface area contributed by atoms with Crippen molar-refractivity contribution in [3.63, 3.8) is 0 Å². The number of aromatic hydroxyl groups is 1. The maximum atomic E-state index is 10.6. The number of hydrogen-bond acceptors (Lipinski definition) is 5. The van der Waals surface area contributed by atoms with Crippen LogP contribution in [0.4, 0.5) is 5.69 Å². The molecule has 0 unspecified atom stereocenters. The summed E-state index contributed by atoms with van der Waals surface area (Å²) in [5.74, 6) is 0.220. The Morgan fingerprint density at radius 2 is 2.04 bits per heavy atom. The van der Waals surface area contributed by atoms with Crippen LogP contribution < -0.4 is 4.90 Å². The van der Waals surface area contributed by atoms with Gasteiger partial charge in [-0.3, -0.25) is 4.99 Å². The van der Waals surface area contributed by atoms with Gasteiger partial charge in [0.1, 0.15) is 11.4 Å². The molecule has 3 heterocycles. The third kappa shape index (κ3) is 2.25. The Labute approximate surface area is 134 Å². The van der Waals surface area contributed by atoms with Crippen LogP contribution in [0.25, 0.3) is 10.9 Å². The van der Waals surface area contributed by atoms with Crippen molar-refractivity contribution in [2.45, 2.75) is 13.0 Å². The van der Waals surface area contributed by atoms with Gasteiger partial charge in [-0.2, -0.15) is 5.26 Å². The minimum atomic E-state index is 0.220. The van der Waals surface area contributed by atoms with Gasteiger partial charge in [-0.15, -0.1) is 0 Å². The molecule has 118 valence electrons. The smallest absolute Gasteiger partial charge is 0.150 e. The third-order valence-corrected chi connectivity index (χ3v) is 4.51. The zero-order valence-electron chi connectivity index (χ0n) is 12.8. The highest BCUT2D eigenvalue weighted by Gasteiger charge is 2.23. The molecule has 0 saturated carbocycles. The van der Waals surface area contributed by atoms with Crippen LogP contribution in [0.1, 0.15) is 17.7 Å². The summed E-state index contributed by atoms with van der Waals surface area (Å²) in [5.41, 5.74) is 3.29. The number of fused-ring (bicyclic) bond motifs is 3. The number of aliphatic imine (C=N–C) groups is 1. The number of morpholine rings is 1. The zero-order valence-corrected chi connectivity index (χ0v) is 12.8. The van der Waals surface area contributed by atoms with Crippen LogP contribution in [0.3, 0.4) is 0 Å². The van der Waals surface area contributed by atoms with E-state index in [0.29, 0.717) is 18.8 Å². The van der Waals surface area contributed by atoms with Crippen molar-refractivity contribution >= 4 is 22.8 Å². The lowest BCUT2D eigenvalue weighted by molar-refractivity contribution is 0.123. The third-order valence-electron chi connectivity index (χ3n) is 4.51. The van der Waals surface area contributed by atoms with E-state index < -0.39 is 0 Å². The molecule has 6 nitrogen and oxygen atoms in total. The fraction of sp³-hybridized carbons (Fsp3) is 0.412. The van der Waals surface area contributed by atoms with Crippen molar-refractivity contribution in [2.24, 2.45) is 4.99 Å². The molecule has 1 N–H and O–H groups in total. The Balaban J connectivity index is 2.00. The molecule has 4 rings (SSSR count). The number of aromatic nitrogens is 1. The Morgan fingerprint density at radius 1 is 1.22 bits per heavy atom. The number of hydrogen-bond donors (Lipinski definition) is 1. The minimum Gasteiger partial charge on any atom is -0.505 e.